The molecule has 1 amide bonds. The first-order chi connectivity index (χ1) is 7.04. The van der Waals surface area contributed by atoms with Gasteiger partial charge in [-0.05, 0) is 17.5 Å². The number of carbonyl (C=O) groups excluding carboxylic acids is 1. The summed E-state index contributed by atoms with van der Waals surface area (Å²) >= 11 is 0. The Balaban J connectivity index is 2.68. The highest BCUT2D eigenvalue weighted by atomic mass is 16.1. The van der Waals surface area contributed by atoms with Crippen LogP contribution in [-0.4, -0.2) is 17.5 Å². The van der Waals surface area contributed by atoms with Crippen molar-refractivity contribution >= 4 is 5.91 Å². The maximum Gasteiger partial charge on any atom is 0.239 e. The van der Waals surface area contributed by atoms with Crippen molar-refractivity contribution in [2.45, 2.75) is 26.4 Å². The van der Waals surface area contributed by atoms with Crippen molar-refractivity contribution in [3.8, 4) is 0 Å². The van der Waals surface area contributed by atoms with E-state index < -0.39 is 0 Å². The normalized spacial score (nSPS) is 12.9. The van der Waals surface area contributed by atoms with E-state index in [0.717, 1.165) is 5.56 Å². The van der Waals surface area contributed by atoms with E-state index in [1.54, 1.807) is 7.05 Å². The van der Waals surface area contributed by atoms with E-state index in [2.05, 4.69) is 19.2 Å². The van der Waals surface area contributed by atoms with E-state index in [0.29, 0.717) is 12.5 Å². The van der Waals surface area contributed by atoms with E-state index in [1.807, 2.05) is 23.0 Å². The summed E-state index contributed by atoms with van der Waals surface area (Å²) in [6.45, 7) is 4.52. The number of carbonyl (C=O) groups is 1. The molecule has 0 fully saturated rings. The molecule has 0 spiro atoms. The van der Waals surface area contributed by atoms with Gasteiger partial charge in [-0.3, -0.25) is 4.79 Å². The zero-order chi connectivity index (χ0) is 11.4. The van der Waals surface area contributed by atoms with Crippen molar-refractivity contribution in [1.82, 2.24) is 9.88 Å². The van der Waals surface area contributed by atoms with Gasteiger partial charge in [-0.1, -0.05) is 13.8 Å². The minimum Gasteiger partial charge on any atom is -0.358 e. The fraction of sp³-hybridized carbons (Fsp3) is 0.545. The highest BCUT2D eigenvalue weighted by Gasteiger charge is 2.11. The van der Waals surface area contributed by atoms with E-state index >= 15 is 0 Å². The van der Waals surface area contributed by atoms with E-state index in [1.165, 1.54) is 0 Å². The number of hydrogen-bond donors (Lipinski definition) is 2. The molecule has 4 heteroatoms. The van der Waals surface area contributed by atoms with Gasteiger partial charge < -0.3 is 15.6 Å². The minimum atomic E-state index is -0.00438. The zero-order valence-corrected chi connectivity index (χ0v) is 9.53. The number of nitrogens with zero attached hydrogens (tertiary/aromatic N) is 1. The van der Waals surface area contributed by atoms with Gasteiger partial charge in [0.1, 0.15) is 6.54 Å². The van der Waals surface area contributed by atoms with Crippen molar-refractivity contribution in [2.24, 2.45) is 11.7 Å². The molecule has 1 unspecified atom stereocenters. The van der Waals surface area contributed by atoms with Crippen LogP contribution in [0.2, 0.25) is 0 Å². The number of amides is 1. The van der Waals surface area contributed by atoms with Crippen LogP contribution in [0.4, 0.5) is 0 Å². The third kappa shape index (κ3) is 3.09. The molecule has 0 aromatic carbocycles. The van der Waals surface area contributed by atoms with E-state index in [4.69, 9.17) is 5.73 Å². The number of likely N-dealkylation sites (N-methyl/N-ethyl adjacent to an activating group) is 1. The molecule has 0 saturated carbocycles. The second-order valence-corrected chi connectivity index (χ2v) is 4.06. The van der Waals surface area contributed by atoms with Crippen molar-refractivity contribution < 1.29 is 4.79 Å². The van der Waals surface area contributed by atoms with Crippen molar-refractivity contribution in [2.75, 3.05) is 7.05 Å². The average Bonchev–Trinajstić information content (AvgIpc) is 2.64. The van der Waals surface area contributed by atoms with Crippen LogP contribution in [-0.2, 0) is 11.3 Å². The Bertz CT molecular complexity index is 330. The second-order valence-electron chi connectivity index (χ2n) is 4.06. The van der Waals surface area contributed by atoms with Gasteiger partial charge >= 0.3 is 0 Å². The van der Waals surface area contributed by atoms with Gasteiger partial charge in [0, 0.05) is 25.5 Å². The summed E-state index contributed by atoms with van der Waals surface area (Å²) in [6.07, 6.45) is 3.81. The Hall–Kier alpha value is -1.29. The summed E-state index contributed by atoms with van der Waals surface area (Å²) in [5, 5.41) is 2.58. The molecule has 84 valence electrons. The lowest BCUT2D eigenvalue weighted by Crippen LogP contribution is -2.23. The Morgan fingerprint density at radius 1 is 1.60 bits per heavy atom. The van der Waals surface area contributed by atoms with Gasteiger partial charge in [-0.15, -0.1) is 0 Å². The molecule has 0 bridgehead atoms. The van der Waals surface area contributed by atoms with Crippen molar-refractivity contribution in [3.63, 3.8) is 0 Å². The van der Waals surface area contributed by atoms with Gasteiger partial charge in [0.05, 0.1) is 0 Å². The topological polar surface area (TPSA) is 60.0 Å². The first-order valence-electron chi connectivity index (χ1n) is 5.16. The molecule has 1 rings (SSSR count). The molecule has 0 saturated heterocycles. The van der Waals surface area contributed by atoms with Crippen LogP contribution in [0, 0.1) is 5.92 Å². The number of hydrogen-bond acceptors (Lipinski definition) is 2. The SMILES string of the molecule is CNC(=O)Cn1ccc(C(N)C(C)C)c1. The summed E-state index contributed by atoms with van der Waals surface area (Å²) in [4.78, 5) is 11.1. The molecule has 1 aromatic heterocycles. The Labute approximate surface area is 90.5 Å². The monoisotopic (exact) mass is 209 g/mol. The predicted molar refractivity (Wildman–Crippen MR) is 60.3 cm³/mol. The molecule has 0 radical (unpaired) electrons. The van der Waals surface area contributed by atoms with Crippen LogP contribution in [0.3, 0.4) is 0 Å². The highest BCUT2D eigenvalue weighted by Crippen LogP contribution is 2.18. The van der Waals surface area contributed by atoms with Crippen molar-refractivity contribution in [1.29, 1.82) is 0 Å². The maximum absolute atomic E-state index is 11.1. The largest absolute Gasteiger partial charge is 0.358 e. The third-order valence-electron chi connectivity index (χ3n) is 2.48. The van der Waals surface area contributed by atoms with Gasteiger partial charge in [-0.2, -0.15) is 0 Å². The Kier molecular flexibility index (Phi) is 3.91. The molecule has 4 nitrogen and oxygen atoms in total. The Morgan fingerprint density at radius 3 is 2.80 bits per heavy atom. The molecule has 1 atom stereocenters. The molecule has 0 aliphatic carbocycles. The van der Waals surface area contributed by atoms with Gasteiger partial charge in [0.2, 0.25) is 5.91 Å². The lowest BCUT2D eigenvalue weighted by Gasteiger charge is -2.13. The summed E-state index contributed by atoms with van der Waals surface area (Å²) in [5.41, 5.74) is 7.08. The fourth-order valence-electron chi connectivity index (χ4n) is 1.38. The summed E-state index contributed by atoms with van der Waals surface area (Å²) in [6, 6.07) is 2.00. The third-order valence-corrected chi connectivity index (χ3v) is 2.48. The molecule has 15 heavy (non-hydrogen) atoms. The summed E-state index contributed by atoms with van der Waals surface area (Å²) < 4.78 is 1.84. The smallest absolute Gasteiger partial charge is 0.239 e. The van der Waals surface area contributed by atoms with Crippen LogP contribution >= 0.6 is 0 Å². The van der Waals surface area contributed by atoms with Crippen LogP contribution in [0.1, 0.15) is 25.5 Å². The van der Waals surface area contributed by atoms with Gasteiger partial charge in [-0.25, -0.2) is 0 Å². The van der Waals surface area contributed by atoms with Crippen LogP contribution in [0.25, 0.3) is 0 Å². The lowest BCUT2D eigenvalue weighted by molar-refractivity contribution is -0.121. The van der Waals surface area contributed by atoms with E-state index in [9.17, 15) is 4.79 Å². The summed E-state index contributed by atoms with van der Waals surface area (Å²) in [5.74, 6) is 0.399. The van der Waals surface area contributed by atoms with Crippen LogP contribution in [0.15, 0.2) is 18.5 Å². The lowest BCUT2D eigenvalue weighted by atomic mass is 10.00. The molecule has 1 aromatic rings. The van der Waals surface area contributed by atoms with Crippen LogP contribution < -0.4 is 11.1 Å². The van der Waals surface area contributed by atoms with E-state index in [-0.39, 0.29) is 11.9 Å². The maximum atomic E-state index is 11.1. The standard InChI is InChI=1S/C11H19N3O/c1-8(2)11(12)9-4-5-14(6-9)7-10(15)13-3/h4-6,8,11H,7,12H2,1-3H3,(H,13,15). The van der Waals surface area contributed by atoms with Gasteiger partial charge in [0.15, 0.2) is 0 Å². The second kappa shape index (κ2) is 4.98. The number of nitrogens with two attached hydrogens (primary N) is 1. The number of aromatic nitrogens is 1. The molecule has 0 aliphatic rings. The van der Waals surface area contributed by atoms with Crippen molar-refractivity contribution in [3.05, 3.63) is 24.0 Å². The zero-order valence-electron chi connectivity index (χ0n) is 9.53. The van der Waals surface area contributed by atoms with Gasteiger partial charge in [0.25, 0.3) is 0 Å². The molecule has 3 N–H and O–H groups in total. The minimum absolute atomic E-state index is 0.00438. The average molecular weight is 209 g/mol. The predicted octanol–water partition coefficient (Wildman–Crippen LogP) is 0.890. The van der Waals surface area contributed by atoms with Crippen LogP contribution in [0.5, 0.6) is 0 Å². The summed E-state index contributed by atoms with van der Waals surface area (Å²) in [7, 11) is 1.63. The number of nitrogens with one attached hydrogen (secondary N) is 1. The highest BCUT2D eigenvalue weighted by molar-refractivity contribution is 5.75. The molecule has 0 aliphatic heterocycles. The molecular formula is C11H19N3O. The number of rotatable bonds is 4. The first-order valence-corrected chi connectivity index (χ1v) is 5.16. The Morgan fingerprint density at radius 2 is 2.27 bits per heavy atom. The quantitative estimate of drug-likeness (QED) is 0.773. The first kappa shape index (κ1) is 11.8. The fourth-order valence-corrected chi connectivity index (χ4v) is 1.38. The molecular weight excluding hydrogens is 190 g/mol. The molecule has 1 heterocycles.